The molecule has 0 aliphatic heterocycles. The summed E-state index contributed by atoms with van der Waals surface area (Å²) < 4.78 is 2.19. The average Bonchev–Trinajstić information content (AvgIpc) is 3.51. The van der Waals surface area contributed by atoms with Crippen molar-refractivity contribution in [2.24, 2.45) is 5.92 Å². The Morgan fingerprint density at radius 1 is 0.689 bits per heavy atom. The summed E-state index contributed by atoms with van der Waals surface area (Å²) in [5.74, 6) is 0.468. The molecule has 1 unspecified atom stereocenters. The minimum atomic E-state index is 0. The van der Waals surface area contributed by atoms with E-state index in [9.17, 15) is 0 Å². The first-order chi connectivity index (χ1) is 20.3. The molecule has 0 fully saturated rings. The predicted molar refractivity (Wildman–Crippen MR) is 187 cm³/mol. The third kappa shape index (κ3) is 10.3. The fourth-order valence-electron chi connectivity index (χ4n) is 5.38. The standard InChI is InChI=1S/C21H25.C13H13.C8H8.2ClH.Zr/c1-20(2,3)16-7-9-18-14(12-16)11-15-13-17(21(4,5)6)8-10-19(15)18;1-10-8-11(2)13(9-10)12-6-4-3-5-7-12;1-7-3-5-8(2)6-4-7;;;/h7-13H,1-6H3;3-7,9-10H,1-2H3;1,3-6H,2H3;2*1H;/q2*-1;;;;+2/p-2. The first-order valence-electron chi connectivity index (χ1n) is 15.4. The molecule has 1 atom stereocenters. The van der Waals surface area contributed by atoms with E-state index >= 15 is 0 Å². The van der Waals surface area contributed by atoms with Crippen LogP contribution < -0.4 is 24.8 Å². The molecule has 5 aromatic rings. The molecule has 0 saturated carbocycles. The Balaban J connectivity index is 0.000000252. The molecule has 1 aliphatic rings. The molecule has 0 aromatic heterocycles. The predicted octanol–water partition coefficient (Wildman–Crippen LogP) is 5.48. The first-order valence-corrected chi connectivity index (χ1v) is 16.8. The summed E-state index contributed by atoms with van der Waals surface area (Å²) in [5, 5.41) is 5.48. The molecular formula is C42H46Cl2Zr-2. The molecule has 3 heteroatoms. The first kappa shape index (κ1) is 38.7. The molecule has 0 N–H and O–H groups in total. The van der Waals surface area contributed by atoms with Crippen molar-refractivity contribution < 1.29 is 49.0 Å². The van der Waals surface area contributed by atoms with E-state index in [2.05, 4.69) is 169 Å². The van der Waals surface area contributed by atoms with Crippen molar-refractivity contribution in [2.45, 2.75) is 73.1 Å². The van der Waals surface area contributed by atoms with Gasteiger partial charge >= 0.3 is 70.3 Å². The molecule has 1 aliphatic carbocycles. The van der Waals surface area contributed by atoms with Crippen molar-refractivity contribution in [1.82, 2.24) is 0 Å². The van der Waals surface area contributed by atoms with Gasteiger partial charge in [-0.15, -0.1) is 45.3 Å². The maximum atomic E-state index is 3.39. The van der Waals surface area contributed by atoms with E-state index in [0.717, 1.165) is 0 Å². The van der Waals surface area contributed by atoms with Gasteiger partial charge in [0.2, 0.25) is 0 Å². The molecule has 6 rings (SSSR count). The number of hydrogen-bond donors (Lipinski definition) is 0. The van der Waals surface area contributed by atoms with Crippen LogP contribution >= 0.6 is 0 Å². The van der Waals surface area contributed by atoms with Crippen LogP contribution in [-0.2, 0) is 35.1 Å². The van der Waals surface area contributed by atoms with Gasteiger partial charge < -0.3 is 24.8 Å². The zero-order valence-corrected chi connectivity index (χ0v) is 32.2. The van der Waals surface area contributed by atoms with Gasteiger partial charge in [-0.3, -0.25) is 6.08 Å². The molecule has 0 radical (unpaired) electrons. The van der Waals surface area contributed by atoms with Gasteiger partial charge in [0.05, 0.1) is 0 Å². The molecule has 45 heavy (non-hydrogen) atoms. The van der Waals surface area contributed by atoms with Gasteiger partial charge in [-0.2, -0.15) is 11.6 Å². The number of hydrogen-bond acceptors (Lipinski definition) is 0. The number of halogens is 2. The zero-order chi connectivity index (χ0) is 31.4. The van der Waals surface area contributed by atoms with Gasteiger partial charge in [0.25, 0.3) is 0 Å². The molecule has 0 bridgehead atoms. The third-order valence-corrected chi connectivity index (χ3v) is 8.85. The zero-order valence-electron chi connectivity index (χ0n) is 28.2. The number of allylic oxidation sites excluding steroid dienone is 4. The Bertz CT molecular complexity index is 1690. The molecule has 5 aromatic carbocycles. The number of rotatable bonds is 2. The van der Waals surface area contributed by atoms with E-state index in [4.69, 9.17) is 0 Å². The monoisotopic (exact) mass is 710 g/mol. The van der Waals surface area contributed by atoms with Gasteiger partial charge in [-0.1, -0.05) is 127 Å². The minimum Gasteiger partial charge on any atom is -1.00 e. The van der Waals surface area contributed by atoms with Gasteiger partial charge in [-0.25, -0.2) is 5.57 Å². The van der Waals surface area contributed by atoms with E-state index in [0.29, 0.717) is 5.92 Å². The number of aryl methyl sites for hydroxylation is 1. The third-order valence-electron chi connectivity index (χ3n) is 8.03. The van der Waals surface area contributed by atoms with E-state index in [1.54, 1.807) is 0 Å². The summed E-state index contributed by atoms with van der Waals surface area (Å²) in [6.45, 7) is 20.0. The molecule has 0 heterocycles. The number of benzene rings is 4. The largest absolute Gasteiger partial charge is 1.00 e. The Kier molecular flexibility index (Phi) is 14.1. The van der Waals surface area contributed by atoms with E-state index < -0.39 is 0 Å². The smallest absolute Gasteiger partial charge is 1.00 e. The molecular weight excluding hydrogens is 667 g/mol. The van der Waals surface area contributed by atoms with Gasteiger partial charge in [0.1, 0.15) is 0 Å². The summed E-state index contributed by atoms with van der Waals surface area (Å²) in [4.78, 5) is 0. The second kappa shape index (κ2) is 16.4. The van der Waals surface area contributed by atoms with Crippen LogP contribution in [0.15, 0.2) is 109 Å². The maximum absolute atomic E-state index is 3.39. The molecule has 0 amide bonds. The fourth-order valence-corrected chi connectivity index (χ4v) is 5.86. The summed E-state index contributed by atoms with van der Waals surface area (Å²) in [5.41, 5.74) is 9.80. The van der Waals surface area contributed by atoms with Gasteiger partial charge in [0.15, 0.2) is 0 Å². The summed E-state index contributed by atoms with van der Waals surface area (Å²) >= 11 is 1.47. The van der Waals surface area contributed by atoms with Crippen LogP contribution in [-0.4, -0.2) is 3.71 Å². The topological polar surface area (TPSA) is 0 Å². The molecule has 0 nitrogen and oxygen atoms in total. The SMILES string of the molecule is CC(C)(C)c1ccc2c(c1)[cH-]c1cc(C(C)(C)C)ccc12.CC1=[C-]C(C)C=C1c1ccccc1.Cc1ccc([CH]=[Zr+2])cc1.[Cl-].[Cl-]. The Morgan fingerprint density at radius 2 is 1.18 bits per heavy atom. The molecule has 0 saturated heterocycles. The number of fused-ring (bicyclic) bond motifs is 3. The Labute approximate surface area is 299 Å². The maximum Gasteiger partial charge on any atom is -1.00 e. The van der Waals surface area contributed by atoms with Crippen LogP contribution in [0.3, 0.4) is 0 Å². The van der Waals surface area contributed by atoms with Crippen LogP contribution in [0.1, 0.15) is 83.2 Å². The van der Waals surface area contributed by atoms with Crippen LogP contribution in [0, 0.1) is 18.9 Å². The van der Waals surface area contributed by atoms with Gasteiger partial charge in [-0.05, 0) is 10.8 Å². The van der Waals surface area contributed by atoms with Crippen LogP contribution in [0.25, 0.3) is 27.1 Å². The van der Waals surface area contributed by atoms with Crippen LogP contribution in [0.5, 0.6) is 0 Å². The van der Waals surface area contributed by atoms with Crippen molar-refractivity contribution in [3.63, 3.8) is 0 Å². The van der Waals surface area contributed by atoms with Crippen molar-refractivity contribution in [3.8, 4) is 0 Å². The van der Waals surface area contributed by atoms with E-state index in [1.807, 2.05) is 6.07 Å². The second-order valence-electron chi connectivity index (χ2n) is 13.8. The van der Waals surface area contributed by atoms with Crippen molar-refractivity contribution in [1.29, 1.82) is 0 Å². The Hall–Kier alpha value is -2.44. The van der Waals surface area contributed by atoms with Crippen molar-refractivity contribution in [2.75, 3.05) is 0 Å². The second-order valence-corrected chi connectivity index (χ2v) is 14.5. The molecule has 234 valence electrons. The van der Waals surface area contributed by atoms with Gasteiger partial charge in [0, 0.05) is 0 Å². The van der Waals surface area contributed by atoms with Crippen LogP contribution in [0.2, 0.25) is 0 Å². The fraction of sp³-hybridized carbons (Fsp3) is 0.286. The quantitative estimate of drug-likeness (QED) is 0.213. The van der Waals surface area contributed by atoms with Crippen molar-refractivity contribution >= 4 is 30.8 Å². The summed E-state index contributed by atoms with van der Waals surface area (Å²) in [7, 11) is 0. The normalized spacial score (nSPS) is 14.2. The van der Waals surface area contributed by atoms with E-state index in [1.165, 1.54) is 84.7 Å². The summed E-state index contributed by atoms with van der Waals surface area (Å²) in [6.07, 6.45) is 5.66. The van der Waals surface area contributed by atoms with Crippen LogP contribution in [0.4, 0.5) is 0 Å². The Morgan fingerprint density at radius 3 is 1.58 bits per heavy atom. The van der Waals surface area contributed by atoms with E-state index in [-0.39, 0.29) is 35.6 Å². The molecule has 0 spiro atoms. The summed E-state index contributed by atoms with van der Waals surface area (Å²) in [6, 6.07) is 35.2. The average molecular weight is 713 g/mol. The van der Waals surface area contributed by atoms with Crippen molar-refractivity contribution in [3.05, 3.63) is 143 Å². The minimum absolute atomic E-state index is 0.